The van der Waals surface area contributed by atoms with E-state index in [1.54, 1.807) is 13.8 Å². The highest BCUT2D eigenvalue weighted by Crippen LogP contribution is 2.30. The minimum Gasteiger partial charge on any atom is -0.166 e. The Hall–Kier alpha value is -1.68. The second kappa shape index (κ2) is 5.10. The van der Waals surface area contributed by atoms with E-state index in [1.165, 1.54) is 6.07 Å². The van der Waals surface area contributed by atoms with E-state index in [4.69, 9.17) is 5.53 Å². The fourth-order valence-corrected chi connectivity index (χ4v) is 1.51. The van der Waals surface area contributed by atoms with Gasteiger partial charge in [0.25, 0.3) is 0 Å². The maximum Gasteiger partial charge on any atom is 0.416 e. The average Bonchev–Trinajstić information content (AvgIpc) is 2.20. The van der Waals surface area contributed by atoms with Crippen LogP contribution in [0.15, 0.2) is 23.3 Å². The summed E-state index contributed by atoms with van der Waals surface area (Å²) in [6.45, 7) is 3.40. The van der Waals surface area contributed by atoms with E-state index in [9.17, 15) is 13.2 Å². The van der Waals surface area contributed by atoms with Gasteiger partial charge in [-0.2, -0.15) is 13.2 Å². The molecule has 0 fully saturated rings. The number of hydrogen-bond acceptors (Lipinski definition) is 1. The molecule has 0 saturated carbocycles. The van der Waals surface area contributed by atoms with Gasteiger partial charge in [0.15, 0.2) is 0 Å². The van der Waals surface area contributed by atoms with Crippen molar-refractivity contribution in [3.8, 4) is 0 Å². The van der Waals surface area contributed by atoms with Crippen LogP contribution in [-0.4, -0.2) is 6.04 Å². The van der Waals surface area contributed by atoms with Crippen LogP contribution in [0.1, 0.15) is 23.6 Å². The highest BCUT2D eigenvalue weighted by molar-refractivity contribution is 5.33. The molecule has 0 saturated heterocycles. The normalized spacial score (nSPS) is 13.0. The van der Waals surface area contributed by atoms with Gasteiger partial charge < -0.3 is 0 Å². The van der Waals surface area contributed by atoms with Crippen LogP contribution >= 0.6 is 0 Å². The van der Waals surface area contributed by atoms with E-state index >= 15 is 0 Å². The molecule has 0 radical (unpaired) electrons. The zero-order chi connectivity index (χ0) is 13.1. The van der Waals surface area contributed by atoms with Gasteiger partial charge in [-0.05, 0) is 42.1 Å². The zero-order valence-electron chi connectivity index (χ0n) is 9.49. The molecule has 0 heterocycles. The standard InChI is InChI=1S/C11H12F3N3/c1-7-3-4-10(11(12,13)14)6-9(7)5-8(2)16-17-15/h3-4,6,8H,5H2,1-2H3/t8-/m0/s1. The number of azide groups is 1. The Bertz CT molecular complexity index is 448. The van der Waals surface area contributed by atoms with Crippen LogP contribution in [0.25, 0.3) is 10.4 Å². The molecule has 6 heteroatoms. The van der Waals surface area contributed by atoms with Crippen molar-refractivity contribution >= 4 is 0 Å². The predicted molar refractivity (Wildman–Crippen MR) is 58.5 cm³/mol. The third-order valence-electron chi connectivity index (χ3n) is 2.44. The van der Waals surface area contributed by atoms with E-state index in [1.807, 2.05) is 0 Å². The van der Waals surface area contributed by atoms with E-state index in [2.05, 4.69) is 10.0 Å². The van der Waals surface area contributed by atoms with Gasteiger partial charge in [-0.25, -0.2) is 0 Å². The molecule has 3 nitrogen and oxygen atoms in total. The summed E-state index contributed by atoms with van der Waals surface area (Å²) in [6, 6.07) is 3.23. The van der Waals surface area contributed by atoms with Gasteiger partial charge in [-0.15, -0.1) is 0 Å². The molecule has 1 aromatic carbocycles. The van der Waals surface area contributed by atoms with Crippen molar-refractivity contribution in [1.82, 2.24) is 0 Å². The van der Waals surface area contributed by atoms with Crippen LogP contribution in [0.4, 0.5) is 13.2 Å². The van der Waals surface area contributed by atoms with Crippen molar-refractivity contribution in [3.63, 3.8) is 0 Å². The second-order valence-corrected chi connectivity index (χ2v) is 3.90. The zero-order valence-corrected chi connectivity index (χ0v) is 9.49. The van der Waals surface area contributed by atoms with Crippen molar-refractivity contribution in [2.45, 2.75) is 32.5 Å². The molecule has 0 bridgehead atoms. The van der Waals surface area contributed by atoms with Crippen LogP contribution in [-0.2, 0) is 12.6 Å². The van der Waals surface area contributed by atoms with E-state index in [0.717, 1.165) is 17.7 Å². The van der Waals surface area contributed by atoms with Crippen LogP contribution in [0, 0.1) is 6.92 Å². The molecule has 1 aromatic rings. The van der Waals surface area contributed by atoms with Gasteiger partial charge in [0, 0.05) is 11.0 Å². The van der Waals surface area contributed by atoms with Gasteiger partial charge in [-0.1, -0.05) is 18.1 Å². The third kappa shape index (κ3) is 3.67. The summed E-state index contributed by atoms with van der Waals surface area (Å²) in [5.74, 6) is 0. The first kappa shape index (κ1) is 13.4. The summed E-state index contributed by atoms with van der Waals surface area (Å²) in [5.41, 5.74) is 8.89. The van der Waals surface area contributed by atoms with Crippen LogP contribution in [0.3, 0.4) is 0 Å². The van der Waals surface area contributed by atoms with Crippen molar-refractivity contribution in [2.75, 3.05) is 0 Å². The van der Waals surface area contributed by atoms with Gasteiger partial charge in [0.05, 0.1) is 5.56 Å². The molecule has 0 aliphatic rings. The lowest BCUT2D eigenvalue weighted by Crippen LogP contribution is -2.09. The molecule has 0 amide bonds. The monoisotopic (exact) mass is 243 g/mol. The maximum atomic E-state index is 12.5. The highest BCUT2D eigenvalue weighted by Gasteiger charge is 2.30. The van der Waals surface area contributed by atoms with Crippen molar-refractivity contribution in [3.05, 3.63) is 45.3 Å². The Morgan fingerprint density at radius 1 is 1.41 bits per heavy atom. The number of alkyl halides is 3. The summed E-state index contributed by atoms with van der Waals surface area (Å²) >= 11 is 0. The molecule has 0 unspecified atom stereocenters. The average molecular weight is 243 g/mol. The second-order valence-electron chi connectivity index (χ2n) is 3.90. The summed E-state index contributed by atoms with van der Waals surface area (Å²) in [6.07, 6.45) is -4.04. The summed E-state index contributed by atoms with van der Waals surface area (Å²) in [4.78, 5) is 2.64. The molecule has 17 heavy (non-hydrogen) atoms. The summed E-state index contributed by atoms with van der Waals surface area (Å²) in [5, 5.41) is 3.45. The van der Waals surface area contributed by atoms with Gasteiger partial charge >= 0.3 is 6.18 Å². The van der Waals surface area contributed by atoms with Gasteiger partial charge in [0.2, 0.25) is 0 Å². The SMILES string of the molecule is Cc1ccc(C(F)(F)F)cc1C[C@H](C)N=[N+]=[N-]. The Morgan fingerprint density at radius 2 is 2.06 bits per heavy atom. The molecule has 0 N–H and O–H groups in total. The largest absolute Gasteiger partial charge is 0.416 e. The lowest BCUT2D eigenvalue weighted by atomic mass is 9.99. The maximum absolute atomic E-state index is 12.5. The number of hydrogen-bond donors (Lipinski definition) is 0. The molecule has 92 valence electrons. The Morgan fingerprint density at radius 3 is 2.59 bits per heavy atom. The Labute approximate surface area is 96.9 Å². The first-order valence-corrected chi connectivity index (χ1v) is 5.05. The molecule has 0 aliphatic carbocycles. The number of benzene rings is 1. The van der Waals surface area contributed by atoms with Crippen molar-refractivity contribution < 1.29 is 13.2 Å². The number of nitrogens with zero attached hydrogens (tertiary/aromatic N) is 3. The first-order valence-electron chi connectivity index (χ1n) is 5.05. The quantitative estimate of drug-likeness (QED) is 0.433. The highest BCUT2D eigenvalue weighted by atomic mass is 19.4. The lowest BCUT2D eigenvalue weighted by Gasteiger charge is -2.12. The number of aryl methyl sites for hydroxylation is 1. The van der Waals surface area contributed by atoms with Crippen molar-refractivity contribution in [2.24, 2.45) is 5.11 Å². The van der Waals surface area contributed by atoms with Crippen molar-refractivity contribution in [1.29, 1.82) is 0 Å². The molecule has 0 spiro atoms. The molecular formula is C11H12F3N3. The van der Waals surface area contributed by atoms with E-state index < -0.39 is 11.7 Å². The predicted octanol–water partition coefficient (Wildman–Crippen LogP) is 4.26. The van der Waals surface area contributed by atoms with Crippen LogP contribution < -0.4 is 0 Å². The Balaban J connectivity index is 3.03. The fraction of sp³-hybridized carbons (Fsp3) is 0.455. The third-order valence-corrected chi connectivity index (χ3v) is 2.44. The fourth-order valence-electron chi connectivity index (χ4n) is 1.51. The van der Waals surface area contributed by atoms with E-state index in [-0.39, 0.29) is 6.04 Å². The summed E-state index contributed by atoms with van der Waals surface area (Å²) < 4.78 is 37.5. The first-order chi connectivity index (χ1) is 7.84. The number of rotatable bonds is 3. The molecule has 1 rings (SSSR count). The molecule has 1 atom stereocenters. The molecule has 0 aromatic heterocycles. The smallest absolute Gasteiger partial charge is 0.166 e. The lowest BCUT2D eigenvalue weighted by molar-refractivity contribution is -0.137. The van der Waals surface area contributed by atoms with Crippen LogP contribution in [0.5, 0.6) is 0 Å². The number of halogens is 3. The molecular weight excluding hydrogens is 231 g/mol. The van der Waals surface area contributed by atoms with Gasteiger partial charge in [0.1, 0.15) is 0 Å². The van der Waals surface area contributed by atoms with E-state index in [0.29, 0.717) is 12.0 Å². The minimum absolute atomic E-state index is 0.305. The summed E-state index contributed by atoms with van der Waals surface area (Å²) in [7, 11) is 0. The Kier molecular flexibility index (Phi) is 4.02. The minimum atomic E-state index is -4.34. The van der Waals surface area contributed by atoms with Gasteiger partial charge in [-0.3, -0.25) is 0 Å². The topological polar surface area (TPSA) is 48.8 Å². The van der Waals surface area contributed by atoms with Crippen LogP contribution in [0.2, 0.25) is 0 Å². The molecule has 0 aliphatic heterocycles.